The minimum atomic E-state index is -0.641. The Morgan fingerprint density at radius 1 is 1.06 bits per heavy atom. The second-order valence-electron chi connectivity index (χ2n) is 8.00. The lowest BCUT2D eigenvalue weighted by Gasteiger charge is -2.25. The summed E-state index contributed by atoms with van der Waals surface area (Å²) in [6, 6.07) is 14.9. The molecule has 3 aromatic rings. The zero-order chi connectivity index (χ0) is 23.1. The number of hydrogen-bond donors (Lipinski definition) is 3. The van der Waals surface area contributed by atoms with Gasteiger partial charge in [0.2, 0.25) is 0 Å². The number of fused-ring (bicyclic) bond motifs is 4. The van der Waals surface area contributed by atoms with Gasteiger partial charge in [-0.2, -0.15) is 4.57 Å². The van der Waals surface area contributed by atoms with Crippen LogP contribution in [0, 0.1) is 0 Å². The van der Waals surface area contributed by atoms with E-state index in [4.69, 9.17) is 9.47 Å². The lowest BCUT2D eigenvalue weighted by Crippen LogP contribution is -2.72. The van der Waals surface area contributed by atoms with E-state index >= 15 is 0 Å². The molecular formula is C25H24N3O5+. The molecule has 0 saturated heterocycles. The minimum absolute atomic E-state index is 0.103. The largest absolute Gasteiger partial charge is 0.507 e. The number of aromatic amines is 1. The number of rotatable bonds is 6. The molecule has 5 rings (SSSR count). The molecule has 2 aliphatic rings. The molecule has 0 fully saturated rings. The fourth-order valence-corrected chi connectivity index (χ4v) is 4.78. The summed E-state index contributed by atoms with van der Waals surface area (Å²) < 4.78 is 12.3. The van der Waals surface area contributed by atoms with Gasteiger partial charge in [-0.05, 0) is 12.1 Å². The molecule has 1 aliphatic heterocycles. The number of allylic oxidation sites excluding steroid dienone is 1. The number of benzene rings is 2. The molecule has 0 radical (unpaired) electrons. The first-order valence-electron chi connectivity index (χ1n) is 10.7. The molecule has 0 amide bonds. The van der Waals surface area contributed by atoms with Crippen molar-refractivity contribution in [1.82, 2.24) is 9.55 Å². The number of nitrogens with zero attached hydrogens (tertiary/aromatic N) is 1. The van der Waals surface area contributed by atoms with Crippen molar-refractivity contribution in [3.63, 3.8) is 0 Å². The standard InChI is InChI=1S/C25H23N3O5/c1-32-13-7-12-28-23-20(24(30)27-25(28)31)18(16-10-5-6-11-17(16)33-2)19-21(26-23)14-8-3-4-9-15(14)22(19)29/h3-6,8-11,18,29H,7,12-13H2,1-2H3,(H,27,30,31)/p+1. The zero-order valence-corrected chi connectivity index (χ0v) is 18.3. The van der Waals surface area contributed by atoms with Gasteiger partial charge in [-0.25, -0.2) is 9.79 Å². The Balaban J connectivity index is 1.86. The lowest BCUT2D eigenvalue weighted by atomic mass is 9.81. The summed E-state index contributed by atoms with van der Waals surface area (Å²) in [5.74, 6) is 0.463. The molecule has 8 nitrogen and oxygen atoms in total. The zero-order valence-electron chi connectivity index (χ0n) is 18.3. The van der Waals surface area contributed by atoms with Gasteiger partial charge in [0, 0.05) is 36.8 Å². The number of methoxy groups -OCH3 is 2. The van der Waals surface area contributed by atoms with Crippen LogP contribution in [0.15, 0.2) is 63.7 Å². The van der Waals surface area contributed by atoms with Gasteiger partial charge >= 0.3 is 5.69 Å². The molecule has 3 N–H and O–H groups in total. The van der Waals surface area contributed by atoms with Crippen LogP contribution in [0.4, 0.5) is 5.82 Å². The van der Waals surface area contributed by atoms with Crippen LogP contribution >= 0.6 is 0 Å². The second kappa shape index (κ2) is 8.22. The number of ether oxygens (including phenoxy) is 2. The summed E-state index contributed by atoms with van der Waals surface area (Å²) in [5, 5.41) is 11.3. The average molecular weight is 446 g/mol. The predicted octanol–water partition coefficient (Wildman–Crippen LogP) is 1.21. The van der Waals surface area contributed by atoms with Crippen molar-refractivity contribution in [2.75, 3.05) is 20.8 Å². The van der Waals surface area contributed by atoms with E-state index in [0.717, 1.165) is 11.1 Å². The van der Waals surface area contributed by atoms with Crippen LogP contribution in [-0.2, 0) is 11.3 Å². The van der Waals surface area contributed by atoms with Crippen LogP contribution in [0.3, 0.4) is 0 Å². The Morgan fingerprint density at radius 2 is 1.79 bits per heavy atom. The highest BCUT2D eigenvalue weighted by Crippen LogP contribution is 2.45. The van der Waals surface area contributed by atoms with Gasteiger partial charge in [0.25, 0.3) is 11.4 Å². The molecule has 168 valence electrons. The molecule has 1 aliphatic carbocycles. The summed E-state index contributed by atoms with van der Waals surface area (Å²) in [5.41, 5.74) is 2.83. The molecule has 1 aromatic heterocycles. The van der Waals surface area contributed by atoms with E-state index in [-0.39, 0.29) is 5.76 Å². The summed E-state index contributed by atoms with van der Waals surface area (Å²) >= 11 is 0. The molecule has 33 heavy (non-hydrogen) atoms. The Hall–Kier alpha value is -3.91. The van der Waals surface area contributed by atoms with E-state index < -0.39 is 17.2 Å². The van der Waals surface area contributed by atoms with Gasteiger partial charge in [0.15, 0.2) is 0 Å². The summed E-state index contributed by atoms with van der Waals surface area (Å²) in [4.78, 5) is 31.8. The highest BCUT2D eigenvalue weighted by atomic mass is 16.5. The highest BCUT2D eigenvalue weighted by Gasteiger charge is 2.45. The number of hydrogen-bond acceptors (Lipinski definition) is 5. The minimum Gasteiger partial charge on any atom is -0.507 e. The fraction of sp³-hybridized carbons (Fsp3) is 0.240. The lowest BCUT2D eigenvalue weighted by molar-refractivity contribution is -0.364. The smallest absolute Gasteiger partial charge is 0.415 e. The van der Waals surface area contributed by atoms with E-state index in [0.29, 0.717) is 53.6 Å². The van der Waals surface area contributed by atoms with E-state index in [1.165, 1.54) is 4.57 Å². The first kappa shape index (κ1) is 21.0. The second-order valence-corrected chi connectivity index (χ2v) is 8.00. The maximum atomic E-state index is 13.2. The first-order chi connectivity index (χ1) is 16.1. The summed E-state index contributed by atoms with van der Waals surface area (Å²) in [6.07, 6.45) is 0.593. The molecule has 2 aromatic carbocycles. The highest BCUT2D eigenvalue weighted by molar-refractivity contribution is 6.21. The van der Waals surface area contributed by atoms with Crippen molar-refractivity contribution in [2.45, 2.75) is 18.9 Å². The van der Waals surface area contributed by atoms with Crippen molar-refractivity contribution in [3.05, 3.63) is 97.2 Å². The third kappa shape index (κ3) is 3.22. The molecule has 2 heterocycles. The van der Waals surface area contributed by atoms with Crippen LogP contribution < -0.4 is 21.0 Å². The van der Waals surface area contributed by atoms with E-state index in [1.54, 1.807) is 14.2 Å². The molecular weight excluding hydrogens is 422 g/mol. The van der Waals surface area contributed by atoms with E-state index in [2.05, 4.69) is 9.98 Å². The van der Waals surface area contributed by atoms with Gasteiger partial charge in [-0.15, -0.1) is 0 Å². The number of aromatic nitrogens is 2. The molecule has 8 heteroatoms. The normalized spacial score (nSPS) is 16.2. The van der Waals surface area contributed by atoms with Crippen LogP contribution in [0.25, 0.3) is 5.76 Å². The number of nitrogens with one attached hydrogen (secondary N) is 2. The number of aliphatic hydroxyl groups is 1. The maximum Gasteiger partial charge on any atom is 0.415 e. The van der Waals surface area contributed by atoms with Crippen LogP contribution in [0.2, 0.25) is 0 Å². The number of aliphatic hydroxyl groups excluding tert-OH is 1. The molecule has 0 saturated carbocycles. The van der Waals surface area contributed by atoms with Crippen molar-refractivity contribution < 1.29 is 19.6 Å². The maximum absolute atomic E-state index is 13.2. The van der Waals surface area contributed by atoms with Gasteiger partial charge in [0.1, 0.15) is 22.8 Å². The van der Waals surface area contributed by atoms with Crippen molar-refractivity contribution in [1.29, 1.82) is 0 Å². The van der Waals surface area contributed by atoms with Gasteiger partial charge in [-0.1, -0.05) is 36.4 Å². The summed E-state index contributed by atoms with van der Waals surface area (Å²) in [7, 11) is 3.17. The molecule has 1 atom stereocenters. The van der Waals surface area contributed by atoms with Crippen molar-refractivity contribution in [3.8, 4) is 5.75 Å². The Morgan fingerprint density at radius 3 is 2.55 bits per heavy atom. The van der Waals surface area contributed by atoms with Crippen LogP contribution in [0.1, 0.15) is 34.6 Å². The first-order valence-corrected chi connectivity index (χ1v) is 10.7. The van der Waals surface area contributed by atoms with Crippen LogP contribution in [0.5, 0.6) is 5.75 Å². The third-order valence-electron chi connectivity index (χ3n) is 6.21. The monoisotopic (exact) mass is 446 g/mol. The fourth-order valence-electron chi connectivity index (χ4n) is 4.78. The quantitative estimate of drug-likeness (QED) is 0.494. The van der Waals surface area contributed by atoms with Gasteiger partial charge < -0.3 is 14.6 Å². The third-order valence-corrected chi connectivity index (χ3v) is 6.21. The molecule has 0 spiro atoms. The summed E-state index contributed by atoms with van der Waals surface area (Å²) in [6.45, 7) is 0.832. The van der Waals surface area contributed by atoms with E-state index in [1.807, 2.05) is 48.5 Å². The topological polar surface area (TPSA) is 108 Å². The number of H-pyrrole nitrogens is 1. The van der Waals surface area contributed by atoms with E-state index in [9.17, 15) is 14.7 Å². The Kier molecular flexibility index (Phi) is 5.22. The SMILES string of the molecule is COCCCn1c2c(c(=O)[nH]c1=O)C(c1ccccc1OC)C1=C(O)c3ccccc3C1=[NH+]2. The Bertz CT molecular complexity index is 1430. The van der Waals surface area contributed by atoms with Crippen molar-refractivity contribution in [2.24, 2.45) is 0 Å². The van der Waals surface area contributed by atoms with Gasteiger partial charge in [0.05, 0.1) is 25.1 Å². The van der Waals surface area contributed by atoms with Crippen LogP contribution in [-0.4, -0.2) is 41.2 Å². The predicted molar refractivity (Wildman–Crippen MR) is 123 cm³/mol. The molecule has 1 unspecified atom stereocenters. The Labute approximate surface area is 189 Å². The van der Waals surface area contributed by atoms with Gasteiger partial charge in [-0.3, -0.25) is 9.78 Å². The average Bonchev–Trinajstić information content (AvgIpc) is 3.12. The molecule has 0 bridgehead atoms. The van der Waals surface area contributed by atoms with Crippen molar-refractivity contribution >= 4 is 17.3 Å². The number of para-hydroxylation sites is 1.